The van der Waals surface area contributed by atoms with Crippen LogP contribution in [0.3, 0.4) is 0 Å². The maximum absolute atomic E-state index is 11.8. The maximum atomic E-state index is 11.8. The van der Waals surface area contributed by atoms with Gasteiger partial charge in [0.05, 0.1) is 0 Å². The predicted octanol–water partition coefficient (Wildman–Crippen LogP) is 2.52. The molecule has 0 aliphatic carbocycles. The first-order valence-electron chi connectivity index (χ1n) is 6.01. The molecule has 1 unspecified atom stereocenters. The summed E-state index contributed by atoms with van der Waals surface area (Å²) in [6, 6.07) is 12.3. The molecule has 1 aromatic heterocycles. The first kappa shape index (κ1) is 12.7. The molecule has 19 heavy (non-hydrogen) atoms. The Morgan fingerprint density at radius 1 is 1.32 bits per heavy atom. The fourth-order valence-electron chi connectivity index (χ4n) is 1.94. The van der Waals surface area contributed by atoms with Gasteiger partial charge in [0.15, 0.2) is 0 Å². The number of thiophene rings is 1. The second-order valence-electron chi connectivity index (χ2n) is 4.22. The fourth-order valence-corrected chi connectivity index (χ4v) is 4.47. The molecule has 1 atom stereocenters. The van der Waals surface area contributed by atoms with Crippen LogP contribution in [0, 0.1) is 0 Å². The van der Waals surface area contributed by atoms with E-state index in [-0.39, 0.29) is 12.2 Å². The average Bonchev–Trinajstić information content (AvgIpc) is 3.07. The molecule has 1 fully saturated rings. The number of nitrogens with zero attached hydrogens (tertiary/aromatic N) is 1. The van der Waals surface area contributed by atoms with E-state index in [1.54, 1.807) is 16.2 Å². The molecule has 1 saturated heterocycles. The monoisotopic (exact) mass is 339 g/mol. The van der Waals surface area contributed by atoms with Crippen molar-refractivity contribution in [2.24, 2.45) is 0 Å². The van der Waals surface area contributed by atoms with E-state index in [9.17, 15) is 4.79 Å². The van der Waals surface area contributed by atoms with Crippen LogP contribution in [-0.4, -0.2) is 33.7 Å². The van der Waals surface area contributed by atoms with Crippen LogP contribution in [0.4, 0.5) is 10.5 Å². The van der Waals surface area contributed by atoms with Crippen molar-refractivity contribution in [1.29, 1.82) is 0 Å². The predicted molar refractivity (Wildman–Crippen MR) is 78.6 cm³/mol. The van der Waals surface area contributed by atoms with Crippen molar-refractivity contribution in [3.8, 4) is 0 Å². The van der Waals surface area contributed by atoms with Gasteiger partial charge in [-0.3, -0.25) is 0 Å². The second kappa shape index (κ2) is 5.78. The van der Waals surface area contributed by atoms with Crippen molar-refractivity contribution in [2.45, 2.75) is 11.4 Å². The van der Waals surface area contributed by atoms with Gasteiger partial charge in [0.1, 0.15) is 0 Å². The van der Waals surface area contributed by atoms with Crippen LogP contribution in [0.25, 0.3) is 0 Å². The van der Waals surface area contributed by atoms with E-state index in [2.05, 4.69) is 24.3 Å². The molecule has 0 bridgehead atoms. The number of carbonyl (C=O) groups excluding carboxylic acids is 1. The van der Waals surface area contributed by atoms with Crippen molar-refractivity contribution in [2.75, 3.05) is 11.4 Å². The van der Waals surface area contributed by atoms with Gasteiger partial charge < -0.3 is 0 Å². The normalized spacial score (nSPS) is 18.6. The van der Waals surface area contributed by atoms with Gasteiger partial charge in [-0.05, 0) is 0 Å². The molecule has 0 spiro atoms. The second-order valence-corrected chi connectivity index (χ2v) is 7.30. The van der Waals surface area contributed by atoms with Gasteiger partial charge in [0.2, 0.25) is 0 Å². The molecular formula is C14H13NO2SSe. The van der Waals surface area contributed by atoms with E-state index in [0.717, 1.165) is 11.0 Å². The van der Waals surface area contributed by atoms with E-state index in [4.69, 9.17) is 4.74 Å². The number of hydrogen-bond acceptors (Lipinski definition) is 3. The van der Waals surface area contributed by atoms with Crippen molar-refractivity contribution in [3.05, 3.63) is 47.2 Å². The Balaban J connectivity index is 1.58. The zero-order chi connectivity index (χ0) is 13.1. The Morgan fingerprint density at radius 2 is 2.16 bits per heavy atom. The Kier molecular flexibility index (Phi) is 3.87. The summed E-state index contributed by atoms with van der Waals surface area (Å²) in [5.74, 6) is 0. The minimum absolute atomic E-state index is 0.0209. The van der Waals surface area contributed by atoms with Crippen molar-refractivity contribution in [3.63, 3.8) is 0 Å². The van der Waals surface area contributed by atoms with Gasteiger partial charge in [0.25, 0.3) is 0 Å². The van der Waals surface area contributed by atoms with Crippen LogP contribution < -0.4 is 9.36 Å². The van der Waals surface area contributed by atoms with Crippen molar-refractivity contribution >= 4 is 42.5 Å². The van der Waals surface area contributed by atoms with E-state index in [1.165, 1.54) is 4.46 Å². The summed E-state index contributed by atoms with van der Waals surface area (Å²) in [4.78, 5) is 13.5. The molecule has 2 aromatic rings. The average molecular weight is 338 g/mol. The van der Waals surface area contributed by atoms with Crippen LogP contribution in [0.15, 0.2) is 47.2 Å². The summed E-state index contributed by atoms with van der Waals surface area (Å²) in [6.07, 6.45) is -0.195. The molecule has 3 nitrogen and oxygen atoms in total. The SMILES string of the molecule is O=C1OC(C[Se]c2ccccc2)CN1c1ccsc1. The summed E-state index contributed by atoms with van der Waals surface area (Å²) >= 11 is 1.95. The van der Waals surface area contributed by atoms with Gasteiger partial charge in [-0.1, -0.05) is 0 Å². The Labute approximate surface area is 122 Å². The number of rotatable bonds is 4. The number of benzene rings is 1. The standard InChI is InChI=1S/C14H13NO2SSe/c16-14-15(11-6-7-18-9-11)8-12(17-14)10-19-13-4-2-1-3-5-13/h1-7,9,12H,8,10H2. The van der Waals surface area contributed by atoms with Crippen LogP contribution in [0.1, 0.15) is 0 Å². The van der Waals surface area contributed by atoms with E-state index >= 15 is 0 Å². The Morgan fingerprint density at radius 3 is 2.89 bits per heavy atom. The minimum atomic E-state index is -0.215. The molecule has 2 heterocycles. The number of cyclic esters (lactones) is 1. The molecule has 1 amide bonds. The van der Waals surface area contributed by atoms with Crippen LogP contribution in [0.2, 0.25) is 5.32 Å². The van der Waals surface area contributed by atoms with Gasteiger partial charge in [-0.2, -0.15) is 0 Å². The molecule has 5 heteroatoms. The quantitative estimate of drug-likeness (QED) is 0.802. The van der Waals surface area contributed by atoms with E-state index in [0.29, 0.717) is 21.5 Å². The molecule has 0 N–H and O–H groups in total. The number of ether oxygens (including phenoxy) is 1. The third kappa shape index (κ3) is 3.00. The fraction of sp³-hybridized carbons (Fsp3) is 0.214. The van der Waals surface area contributed by atoms with Crippen LogP contribution >= 0.6 is 11.3 Å². The van der Waals surface area contributed by atoms with Gasteiger partial charge in [-0.25, -0.2) is 0 Å². The molecule has 0 saturated carbocycles. The molecule has 98 valence electrons. The Hall–Kier alpha value is -1.29. The number of carbonyl (C=O) groups is 1. The Bertz CT molecular complexity index is 544. The van der Waals surface area contributed by atoms with Crippen LogP contribution in [0.5, 0.6) is 0 Å². The number of hydrogen-bond donors (Lipinski definition) is 0. The molecule has 1 aliphatic heterocycles. The zero-order valence-electron chi connectivity index (χ0n) is 10.2. The summed E-state index contributed by atoms with van der Waals surface area (Å²) in [7, 11) is 0. The van der Waals surface area contributed by atoms with E-state index in [1.807, 2.05) is 22.9 Å². The van der Waals surface area contributed by atoms with Gasteiger partial charge in [0, 0.05) is 0 Å². The zero-order valence-corrected chi connectivity index (χ0v) is 12.7. The summed E-state index contributed by atoms with van der Waals surface area (Å²) in [5.41, 5.74) is 0.949. The van der Waals surface area contributed by atoms with Crippen molar-refractivity contribution in [1.82, 2.24) is 0 Å². The summed E-state index contributed by atoms with van der Waals surface area (Å²) in [5, 5.41) is 4.89. The topological polar surface area (TPSA) is 29.5 Å². The first-order valence-corrected chi connectivity index (χ1v) is 9.02. The van der Waals surface area contributed by atoms with Crippen molar-refractivity contribution < 1.29 is 9.53 Å². The third-order valence-electron chi connectivity index (χ3n) is 2.87. The molecule has 0 radical (unpaired) electrons. The van der Waals surface area contributed by atoms with Gasteiger partial charge in [-0.15, -0.1) is 0 Å². The van der Waals surface area contributed by atoms with Crippen LogP contribution in [-0.2, 0) is 4.74 Å². The van der Waals surface area contributed by atoms with Gasteiger partial charge >= 0.3 is 122 Å². The molecule has 3 rings (SSSR count). The summed E-state index contributed by atoms with van der Waals surface area (Å²) < 4.78 is 6.77. The third-order valence-corrected chi connectivity index (χ3v) is 5.94. The van der Waals surface area contributed by atoms with E-state index < -0.39 is 0 Å². The number of amides is 1. The first-order chi connectivity index (χ1) is 9.33. The molecule has 1 aromatic carbocycles. The number of anilines is 1. The molecular weight excluding hydrogens is 325 g/mol. The molecule has 1 aliphatic rings. The summed E-state index contributed by atoms with van der Waals surface area (Å²) in [6.45, 7) is 0.671.